The number of rotatable bonds is 37. The van der Waals surface area contributed by atoms with Crippen molar-refractivity contribution in [1.29, 1.82) is 0 Å². The third-order valence-corrected chi connectivity index (χ3v) is 10.4. The van der Waals surface area contributed by atoms with E-state index < -0.39 is 11.7 Å². The SMILES string of the molecule is CCCCCCCCCCCCCCCCCCC(CCCCCCCCCCCCCCCCCC)(OP)C(O)CO. The molecule has 0 radical (unpaired) electrons. The highest BCUT2D eigenvalue weighted by atomic mass is 31.0. The first-order valence-electron chi connectivity index (χ1n) is 19.8. The second-order valence-corrected chi connectivity index (χ2v) is 14.2. The number of aliphatic hydroxyl groups excluding tert-OH is 2. The van der Waals surface area contributed by atoms with E-state index in [1.165, 1.54) is 193 Å². The molecule has 0 spiro atoms. The van der Waals surface area contributed by atoms with Gasteiger partial charge in [0.05, 0.1) is 12.2 Å². The number of hydrogen-bond donors (Lipinski definition) is 2. The lowest BCUT2D eigenvalue weighted by atomic mass is 9.85. The van der Waals surface area contributed by atoms with Crippen LogP contribution in [0.3, 0.4) is 0 Å². The molecule has 0 amide bonds. The molecule has 2 unspecified atom stereocenters. The minimum Gasteiger partial charge on any atom is -0.394 e. The summed E-state index contributed by atoms with van der Waals surface area (Å²) in [6.45, 7) is 4.36. The molecule has 43 heavy (non-hydrogen) atoms. The normalized spacial score (nSPS) is 12.8. The minimum absolute atomic E-state index is 0.216. The van der Waals surface area contributed by atoms with Crippen molar-refractivity contribution in [3.63, 3.8) is 0 Å². The van der Waals surface area contributed by atoms with Crippen LogP contribution in [0, 0.1) is 0 Å². The molecule has 0 aliphatic rings. The second-order valence-electron chi connectivity index (χ2n) is 14.0. The lowest BCUT2D eigenvalue weighted by Crippen LogP contribution is -2.45. The Morgan fingerprint density at radius 2 is 0.628 bits per heavy atom. The molecule has 3 nitrogen and oxygen atoms in total. The lowest BCUT2D eigenvalue weighted by molar-refractivity contribution is -0.0799. The van der Waals surface area contributed by atoms with Crippen LogP contribution in [0.1, 0.15) is 232 Å². The van der Waals surface area contributed by atoms with E-state index in [9.17, 15) is 10.2 Å². The molecule has 0 rings (SSSR count). The zero-order valence-electron chi connectivity index (χ0n) is 29.7. The maximum atomic E-state index is 10.6. The number of aliphatic hydroxyl groups is 2. The summed E-state index contributed by atoms with van der Waals surface area (Å²) in [6.07, 6.45) is 44.5. The number of hydrogen-bond acceptors (Lipinski definition) is 3. The molecule has 0 aromatic carbocycles. The molecular weight excluding hydrogens is 547 g/mol. The highest BCUT2D eigenvalue weighted by Crippen LogP contribution is 2.33. The van der Waals surface area contributed by atoms with Gasteiger partial charge in [-0.3, -0.25) is 0 Å². The van der Waals surface area contributed by atoms with Crippen molar-refractivity contribution < 1.29 is 14.7 Å². The fraction of sp³-hybridized carbons (Fsp3) is 1.00. The van der Waals surface area contributed by atoms with Gasteiger partial charge in [-0.15, -0.1) is 0 Å². The molecule has 0 aliphatic carbocycles. The zero-order valence-corrected chi connectivity index (χ0v) is 30.9. The summed E-state index contributed by atoms with van der Waals surface area (Å²) < 4.78 is 5.85. The quantitative estimate of drug-likeness (QED) is 0.0531. The molecule has 4 heteroatoms. The molecule has 0 aromatic rings. The van der Waals surface area contributed by atoms with Gasteiger partial charge >= 0.3 is 0 Å². The summed E-state index contributed by atoms with van der Waals surface area (Å²) in [5.74, 6) is 0. The molecule has 2 N–H and O–H groups in total. The molecule has 260 valence electrons. The van der Waals surface area contributed by atoms with Gasteiger partial charge in [0, 0.05) is 9.47 Å². The molecule has 0 aromatic heterocycles. The van der Waals surface area contributed by atoms with Gasteiger partial charge in [-0.2, -0.15) is 0 Å². The largest absolute Gasteiger partial charge is 0.394 e. The van der Waals surface area contributed by atoms with Crippen LogP contribution in [0.15, 0.2) is 0 Å². The smallest absolute Gasteiger partial charge is 0.106 e. The van der Waals surface area contributed by atoms with Gasteiger partial charge in [-0.05, 0) is 12.8 Å². The monoisotopic (exact) mass is 629 g/mol. The predicted molar refractivity (Wildman–Crippen MR) is 195 cm³/mol. The Morgan fingerprint density at radius 1 is 0.419 bits per heavy atom. The van der Waals surface area contributed by atoms with Gasteiger partial charge in [0.2, 0.25) is 0 Å². The molecule has 0 aliphatic heterocycles. The van der Waals surface area contributed by atoms with Crippen molar-refractivity contribution >= 4 is 9.47 Å². The summed E-state index contributed by atoms with van der Waals surface area (Å²) in [5.41, 5.74) is -0.606. The lowest BCUT2D eigenvalue weighted by Gasteiger charge is -2.36. The molecular formula is C39H81O3P. The molecule has 0 bridgehead atoms. The van der Waals surface area contributed by atoms with E-state index in [1.807, 2.05) is 0 Å². The van der Waals surface area contributed by atoms with Crippen LogP contribution >= 0.6 is 9.47 Å². The highest BCUT2D eigenvalue weighted by molar-refractivity contribution is 7.09. The molecule has 0 fully saturated rings. The minimum atomic E-state index is -0.794. The van der Waals surface area contributed by atoms with Crippen LogP contribution in [0.2, 0.25) is 0 Å². The molecule has 2 atom stereocenters. The average molecular weight is 629 g/mol. The summed E-state index contributed by atoms with van der Waals surface area (Å²) in [7, 11) is 2.40. The van der Waals surface area contributed by atoms with Gasteiger partial charge in [0.25, 0.3) is 0 Å². The Bertz CT molecular complexity index is 479. The van der Waals surface area contributed by atoms with Crippen molar-refractivity contribution in [3.05, 3.63) is 0 Å². The first-order chi connectivity index (χ1) is 21.2. The number of unbranched alkanes of at least 4 members (excludes halogenated alkanes) is 30. The van der Waals surface area contributed by atoms with E-state index in [1.54, 1.807) is 0 Å². The Hall–Kier alpha value is 0.310. The fourth-order valence-corrected chi connectivity index (χ4v) is 7.16. The Morgan fingerprint density at radius 3 is 0.814 bits per heavy atom. The fourth-order valence-electron chi connectivity index (χ4n) is 6.77. The zero-order chi connectivity index (χ0) is 31.5. The Kier molecular flexibility index (Phi) is 35.4. The van der Waals surface area contributed by atoms with E-state index in [4.69, 9.17) is 4.52 Å². The van der Waals surface area contributed by atoms with Gasteiger partial charge in [-0.25, -0.2) is 0 Å². The van der Waals surface area contributed by atoms with Crippen LogP contribution in [0.4, 0.5) is 0 Å². The average Bonchev–Trinajstić information content (AvgIpc) is 3.03. The van der Waals surface area contributed by atoms with Crippen molar-refractivity contribution in [2.45, 2.75) is 244 Å². The van der Waals surface area contributed by atoms with E-state index in [2.05, 4.69) is 23.3 Å². The van der Waals surface area contributed by atoms with Gasteiger partial charge in [-0.1, -0.05) is 219 Å². The van der Waals surface area contributed by atoms with E-state index in [0.29, 0.717) is 0 Å². The maximum absolute atomic E-state index is 10.6. The summed E-state index contributed by atoms with van der Waals surface area (Å²) in [5, 5.41) is 20.4. The highest BCUT2D eigenvalue weighted by Gasteiger charge is 2.36. The maximum Gasteiger partial charge on any atom is 0.106 e. The van der Waals surface area contributed by atoms with Crippen molar-refractivity contribution in [2.75, 3.05) is 6.61 Å². The van der Waals surface area contributed by atoms with Crippen LogP contribution < -0.4 is 0 Å². The van der Waals surface area contributed by atoms with Gasteiger partial charge < -0.3 is 14.7 Å². The van der Waals surface area contributed by atoms with E-state index in [-0.39, 0.29) is 6.61 Å². The van der Waals surface area contributed by atoms with Crippen molar-refractivity contribution in [3.8, 4) is 0 Å². The van der Waals surface area contributed by atoms with Crippen LogP contribution in [0.5, 0.6) is 0 Å². The first-order valence-corrected chi connectivity index (χ1v) is 20.3. The first kappa shape index (κ1) is 43.3. The molecule has 0 saturated carbocycles. The van der Waals surface area contributed by atoms with Crippen molar-refractivity contribution in [2.24, 2.45) is 0 Å². The predicted octanol–water partition coefficient (Wildman–Crippen LogP) is 13.2. The third-order valence-electron chi connectivity index (χ3n) is 9.92. The van der Waals surface area contributed by atoms with Crippen LogP contribution in [-0.4, -0.2) is 28.5 Å². The summed E-state index contributed by atoms with van der Waals surface area (Å²) in [6, 6.07) is 0. The van der Waals surface area contributed by atoms with Crippen LogP contribution in [-0.2, 0) is 4.52 Å². The van der Waals surface area contributed by atoms with Crippen LogP contribution in [0.25, 0.3) is 0 Å². The topological polar surface area (TPSA) is 49.7 Å². The van der Waals surface area contributed by atoms with E-state index >= 15 is 0 Å². The van der Waals surface area contributed by atoms with Gasteiger partial charge in [0.1, 0.15) is 6.10 Å². The Labute approximate surface area is 274 Å². The van der Waals surface area contributed by atoms with Gasteiger partial charge in [0.15, 0.2) is 0 Å². The third kappa shape index (κ3) is 28.3. The molecule has 0 heterocycles. The van der Waals surface area contributed by atoms with Crippen molar-refractivity contribution in [1.82, 2.24) is 0 Å². The molecule has 0 saturated heterocycles. The van der Waals surface area contributed by atoms with E-state index in [0.717, 1.165) is 25.7 Å². The Balaban J connectivity index is 3.74. The standard InChI is InChI=1S/C39H81O3P/c1-3-5-7-9-11-13-15-17-19-21-23-25-27-29-31-33-35-39(42-43,38(41)37-40)36-34-32-30-28-26-24-22-20-18-16-14-12-10-8-6-4-2/h38,40-41H,3-37,43H2,1-2H3. The summed E-state index contributed by atoms with van der Waals surface area (Å²) in [4.78, 5) is 0. The summed E-state index contributed by atoms with van der Waals surface area (Å²) >= 11 is 0. The second kappa shape index (κ2) is 35.2.